The van der Waals surface area contributed by atoms with E-state index in [1.54, 1.807) is 0 Å². The molecule has 0 aromatic carbocycles. The van der Waals surface area contributed by atoms with Gasteiger partial charge in [0.1, 0.15) is 171 Å². The Morgan fingerprint density at radius 1 is 0.230 bits per heavy atom. The van der Waals surface area contributed by atoms with Crippen molar-refractivity contribution in [3.05, 3.63) is 0 Å². The maximum Gasteiger partial charge on any atom is 0.187 e. The molecule has 0 unspecified atom stereocenters. The molecule has 21 rings (SSSR count). The number of aliphatic hydroxyl groups excluding tert-OH is 20. The van der Waals surface area contributed by atoms with Crippen LogP contribution in [0.2, 0.25) is 0 Å². The second-order valence-electron chi connectivity index (χ2n) is 23.1. The largest absolute Gasteiger partial charge is 0.394 e. The number of hydrogen-bond donors (Lipinski definition) is 21. The van der Waals surface area contributed by atoms with Crippen LogP contribution in [0.3, 0.4) is 0 Å². The predicted molar refractivity (Wildman–Crippen MR) is 277 cm³/mol. The fourth-order valence-corrected chi connectivity index (χ4v) is 12.1. The molecule has 0 saturated carbocycles. The Bertz CT molecular complexity index is 2000. The topological polar surface area (TPSA) is 546 Å². The Hall–Kier alpha value is -1.40. The van der Waals surface area contributed by atoms with E-state index in [-0.39, 0.29) is 6.54 Å². The molecule has 87 heavy (non-hydrogen) atoms. The van der Waals surface area contributed by atoms with E-state index in [4.69, 9.17) is 66.3 Å². The van der Waals surface area contributed by atoms with E-state index in [1.165, 1.54) is 0 Å². The minimum atomic E-state index is -2.20. The SMILES string of the molecule is CCCCCCCCCCNC[C@H]1O[C@@H]2O[C@H]3[C@H](O)[C@@H](O)[C@@H](O[C@H]4[C@H](O)[C@@H](O)[C@@H](O[C@H]5[C@H](O)[C@@H](O)[C@@H](O[C@H]6[C@H](O)[C@@H](O)[C@@H](O[C@H]7[C@H](O)[C@@H](O)[C@@H](O[C@H]8[C@H](O)[C@@H](O)[C@@H](O[C@H]1[C@H](O)[C@H]2O)O[C@@H]8CO)O[C@@H]7CO)O[C@@H]6CO)O[C@@H]5CO)O[C@@H]4CO)O[C@@H]3CO. The van der Waals surface area contributed by atoms with Crippen LogP contribution in [0.25, 0.3) is 0 Å². The van der Waals surface area contributed by atoms with Crippen LogP contribution in [0, 0.1) is 0 Å². The standard InChI is InChI=1S/C52H91NO34/c1-2-3-4-5-6-7-8-9-10-53-11-18-39-25(60)32(67)46(74-18)82-40-19(12-54)76-48(34(69)27(40)62)84-42-21(14-56)78-50(36(71)29(42)64)86-44-23(16-58)80-52(38(73)31(44)66)87-45-24(17-59)79-51(37(72)30(45)65)85-43-22(15-57)77-49(35(70)28(43)63)83-41-20(13-55)75-47(81-39)33(68)26(41)61/h18-73H,2-17H2,1H3/t18-,19-,20-,21-,22-,23-,24-,25-,26-,27-,28-,29-,30-,31-,32-,33-,34-,35-,36-,37-,38-,39-,40-,41-,42-,43-,44-,45-,46-,47-,48-,49-,50-,51-,52-/m1/s1. The first kappa shape index (κ1) is 71.4. The van der Waals surface area contributed by atoms with Gasteiger partial charge in [-0.15, -0.1) is 0 Å². The average Bonchev–Trinajstić information content (AvgIpc) is 1.38. The lowest BCUT2D eigenvalue weighted by molar-refractivity contribution is -0.396. The minimum absolute atomic E-state index is 0.175. The number of nitrogens with one attached hydrogen (secondary N) is 1. The van der Waals surface area contributed by atoms with Crippen molar-refractivity contribution < 1.29 is 168 Å². The van der Waals surface area contributed by atoms with Gasteiger partial charge in [-0.1, -0.05) is 51.9 Å². The molecule has 14 bridgehead atoms. The molecular weight excluding hydrogens is 1180 g/mol. The maximum absolute atomic E-state index is 11.8. The van der Waals surface area contributed by atoms with Gasteiger partial charge in [0.15, 0.2) is 44.0 Å². The summed E-state index contributed by atoms with van der Waals surface area (Å²) < 4.78 is 81.7. The average molecular weight is 1270 g/mol. The summed E-state index contributed by atoms with van der Waals surface area (Å²) in [6.45, 7) is -3.80. The van der Waals surface area contributed by atoms with Crippen LogP contribution < -0.4 is 5.32 Å². The van der Waals surface area contributed by atoms with Crippen LogP contribution >= 0.6 is 0 Å². The lowest BCUT2D eigenvalue weighted by Gasteiger charge is -2.50. The van der Waals surface area contributed by atoms with Crippen molar-refractivity contribution in [3.8, 4) is 0 Å². The highest BCUT2D eigenvalue weighted by Crippen LogP contribution is 2.39. The zero-order valence-electron chi connectivity index (χ0n) is 47.7. The van der Waals surface area contributed by atoms with Gasteiger partial charge in [0.2, 0.25) is 0 Å². The monoisotopic (exact) mass is 1270 g/mol. The maximum atomic E-state index is 11.8. The summed E-state index contributed by atoms with van der Waals surface area (Å²) >= 11 is 0. The van der Waals surface area contributed by atoms with Gasteiger partial charge in [0.05, 0.1) is 39.6 Å². The van der Waals surface area contributed by atoms with E-state index in [0.717, 1.165) is 44.9 Å². The highest BCUT2D eigenvalue weighted by atomic mass is 16.8. The molecule has 508 valence electrons. The minimum Gasteiger partial charge on any atom is -0.394 e. The molecule has 21 aliphatic heterocycles. The third kappa shape index (κ3) is 15.9. The first-order chi connectivity index (χ1) is 41.7. The molecule has 35 nitrogen and oxygen atoms in total. The highest BCUT2D eigenvalue weighted by molar-refractivity contribution is 5.02. The number of unbranched alkanes of at least 4 members (excludes halogenated alkanes) is 7. The third-order valence-electron chi connectivity index (χ3n) is 17.2. The summed E-state index contributed by atoms with van der Waals surface area (Å²) in [7, 11) is 0. The molecule has 0 aliphatic carbocycles. The van der Waals surface area contributed by atoms with Gasteiger partial charge >= 0.3 is 0 Å². The van der Waals surface area contributed by atoms with Crippen molar-refractivity contribution in [2.45, 2.75) is 273 Å². The smallest absolute Gasteiger partial charge is 0.187 e. The van der Waals surface area contributed by atoms with Gasteiger partial charge in [0, 0.05) is 6.54 Å². The highest BCUT2D eigenvalue weighted by Gasteiger charge is 2.59. The Labute approximate surface area is 498 Å². The molecule has 0 radical (unpaired) electrons. The second kappa shape index (κ2) is 32.6. The van der Waals surface area contributed by atoms with Crippen molar-refractivity contribution in [3.63, 3.8) is 0 Å². The van der Waals surface area contributed by atoms with Crippen molar-refractivity contribution in [2.75, 3.05) is 52.7 Å². The van der Waals surface area contributed by atoms with Crippen molar-refractivity contribution in [2.24, 2.45) is 0 Å². The van der Waals surface area contributed by atoms with Gasteiger partial charge in [-0.3, -0.25) is 0 Å². The molecule has 0 aromatic rings. The molecule has 35 atom stereocenters. The molecule has 0 amide bonds. The summed E-state index contributed by atoms with van der Waals surface area (Å²) in [6, 6.07) is 0. The molecule has 21 N–H and O–H groups in total. The fourth-order valence-electron chi connectivity index (χ4n) is 12.1. The van der Waals surface area contributed by atoms with Crippen molar-refractivity contribution in [1.29, 1.82) is 0 Å². The number of ether oxygens (including phenoxy) is 14. The molecule has 21 fully saturated rings. The van der Waals surface area contributed by atoms with Crippen LogP contribution in [0.5, 0.6) is 0 Å². The summed E-state index contributed by atoms with van der Waals surface area (Å²) in [5.41, 5.74) is 0. The van der Waals surface area contributed by atoms with E-state index in [9.17, 15) is 102 Å². The van der Waals surface area contributed by atoms with Crippen LogP contribution in [0.1, 0.15) is 58.3 Å². The van der Waals surface area contributed by atoms with Gasteiger partial charge in [-0.05, 0) is 13.0 Å². The Morgan fingerprint density at radius 2 is 0.414 bits per heavy atom. The summed E-state index contributed by atoms with van der Waals surface area (Å²) in [5.74, 6) is 0. The molecule has 35 heteroatoms. The molecule has 21 heterocycles. The first-order valence-electron chi connectivity index (χ1n) is 29.7. The van der Waals surface area contributed by atoms with Gasteiger partial charge < -0.3 is 174 Å². The zero-order chi connectivity index (χ0) is 63.1. The Kier molecular flexibility index (Phi) is 26.8. The van der Waals surface area contributed by atoms with Crippen LogP contribution in [-0.2, 0) is 66.3 Å². The number of hydrogen-bond acceptors (Lipinski definition) is 35. The van der Waals surface area contributed by atoms with E-state index in [2.05, 4.69) is 12.2 Å². The molecular formula is C52H91NO34. The van der Waals surface area contributed by atoms with Crippen LogP contribution in [-0.4, -0.2) is 370 Å². The second-order valence-corrected chi connectivity index (χ2v) is 23.1. The molecule has 21 aliphatic rings. The van der Waals surface area contributed by atoms with Crippen LogP contribution in [0.15, 0.2) is 0 Å². The van der Waals surface area contributed by atoms with Gasteiger partial charge in [0.25, 0.3) is 0 Å². The molecule has 0 aromatic heterocycles. The van der Waals surface area contributed by atoms with Crippen molar-refractivity contribution in [1.82, 2.24) is 5.32 Å². The predicted octanol–water partition coefficient (Wildman–Crippen LogP) is -11.5. The quantitative estimate of drug-likeness (QED) is 0.0601. The normalized spacial score (nSPS) is 50.4. The number of rotatable bonds is 17. The first-order valence-corrected chi connectivity index (χ1v) is 29.7. The summed E-state index contributed by atoms with van der Waals surface area (Å²) in [5, 5.41) is 227. The van der Waals surface area contributed by atoms with Gasteiger partial charge in [-0.2, -0.15) is 0 Å². The van der Waals surface area contributed by atoms with Crippen LogP contribution in [0.4, 0.5) is 0 Å². The fraction of sp³-hybridized carbons (Fsp3) is 1.00. The molecule has 0 spiro atoms. The Morgan fingerprint density at radius 3 is 0.621 bits per heavy atom. The van der Waals surface area contributed by atoms with E-state index in [1.807, 2.05) is 0 Å². The third-order valence-corrected chi connectivity index (χ3v) is 17.2. The number of aliphatic hydroxyl groups is 20. The van der Waals surface area contributed by atoms with E-state index < -0.39 is 255 Å². The van der Waals surface area contributed by atoms with E-state index >= 15 is 0 Å². The summed E-state index contributed by atoms with van der Waals surface area (Å²) in [6.07, 6.45) is -60.7. The lowest BCUT2D eigenvalue weighted by atomic mass is 9.95. The Balaban J connectivity index is 1.07. The molecule has 21 saturated heterocycles. The van der Waals surface area contributed by atoms with Crippen molar-refractivity contribution >= 4 is 0 Å². The van der Waals surface area contributed by atoms with Gasteiger partial charge in [-0.25, -0.2) is 0 Å². The lowest BCUT2D eigenvalue weighted by Crippen LogP contribution is -2.68. The zero-order valence-corrected chi connectivity index (χ0v) is 47.7. The summed E-state index contributed by atoms with van der Waals surface area (Å²) in [4.78, 5) is 0. The van der Waals surface area contributed by atoms with E-state index in [0.29, 0.717) is 13.0 Å².